The number of nitrogens with one attached hydrogen (secondary N) is 2. The van der Waals surface area contributed by atoms with Crippen molar-refractivity contribution >= 4 is 23.7 Å². The van der Waals surface area contributed by atoms with Gasteiger partial charge in [-0.2, -0.15) is 0 Å². The van der Waals surface area contributed by atoms with E-state index < -0.39 is 0 Å². The minimum absolute atomic E-state index is 0.184. The highest BCUT2D eigenvalue weighted by Gasteiger charge is 2.38. The lowest BCUT2D eigenvalue weighted by molar-refractivity contribution is -0.122. The second-order valence-electron chi connectivity index (χ2n) is 12.0. The Balaban J connectivity index is 0.000000291. The molecule has 41 heavy (non-hydrogen) atoms. The van der Waals surface area contributed by atoms with Crippen molar-refractivity contribution in [2.45, 2.75) is 77.9 Å². The summed E-state index contributed by atoms with van der Waals surface area (Å²) >= 11 is 0. The van der Waals surface area contributed by atoms with Crippen molar-refractivity contribution in [2.24, 2.45) is 11.8 Å². The van der Waals surface area contributed by atoms with Crippen LogP contribution in [0.2, 0.25) is 0 Å². The molecule has 2 aromatic carbocycles. The van der Waals surface area contributed by atoms with Crippen LogP contribution in [0.15, 0.2) is 66.9 Å². The Hall–Kier alpha value is -4.00. The van der Waals surface area contributed by atoms with Crippen LogP contribution in [0.4, 0.5) is 5.69 Å². The third kappa shape index (κ3) is 7.60. The fourth-order valence-corrected chi connectivity index (χ4v) is 6.00. The molecule has 3 unspecified atom stereocenters. The van der Waals surface area contributed by atoms with Crippen LogP contribution < -0.4 is 11.1 Å². The van der Waals surface area contributed by atoms with E-state index in [4.69, 9.17) is 11.1 Å². The predicted molar refractivity (Wildman–Crippen MR) is 165 cm³/mol. The SMILES string of the molecule is CC1CC2CCC(C1)N2C=O.Cc1ccc(C(=N)c2cc(C(=O)NC(CC(C)C)c3ccccn3)ccc2N)cc1. The molecular weight excluding hydrogens is 510 g/mol. The summed E-state index contributed by atoms with van der Waals surface area (Å²) in [5.41, 5.74) is 10.6. The number of nitrogens with zero attached hydrogens (tertiary/aromatic N) is 2. The highest BCUT2D eigenvalue weighted by molar-refractivity contribution is 6.14. The topological polar surface area (TPSA) is 112 Å². The summed E-state index contributed by atoms with van der Waals surface area (Å²) in [6.07, 6.45) is 8.52. The summed E-state index contributed by atoms with van der Waals surface area (Å²) in [7, 11) is 0. The third-order valence-electron chi connectivity index (χ3n) is 8.13. The van der Waals surface area contributed by atoms with Crippen LogP contribution in [0.1, 0.15) is 91.7 Å². The Labute approximate surface area is 244 Å². The molecule has 2 aliphatic heterocycles. The second kappa shape index (κ2) is 13.6. The molecule has 5 rings (SSSR count). The van der Waals surface area contributed by atoms with Crippen LogP contribution in [-0.4, -0.2) is 40.0 Å². The maximum Gasteiger partial charge on any atom is 0.251 e. The van der Waals surface area contributed by atoms with Gasteiger partial charge in [-0.25, -0.2) is 0 Å². The van der Waals surface area contributed by atoms with Crippen molar-refractivity contribution in [2.75, 3.05) is 5.73 Å². The molecule has 0 radical (unpaired) electrons. The van der Waals surface area contributed by atoms with Crippen molar-refractivity contribution in [3.8, 4) is 0 Å². The molecule has 7 heteroatoms. The first-order valence-electron chi connectivity index (χ1n) is 14.7. The number of piperidine rings is 1. The van der Waals surface area contributed by atoms with E-state index in [-0.39, 0.29) is 11.9 Å². The van der Waals surface area contributed by atoms with Crippen LogP contribution in [0.3, 0.4) is 0 Å². The van der Waals surface area contributed by atoms with E-state index in [1.807, 2.05) is 54.3 Å². The molecule has 216 valence electrons. The van der Waals surface area contributed by atoms with Crippen molar-refractivity contribution in [1.29, 1.82) is 5.41 Å². The summed E-state index contributed by atoms with van der Waals surface area (Å²) < 4.78 is 0. The standard InChI is InChI=1S/C25H28N4O.C9H15NO/c1-16(2)14-23(22-6-4-5-13-28-22)29-25(30)19-11-12-21(26)20(15-19)24(27)18-9-7-17(3)8-10-18;1-7-4-8-2-3-9(5-7)10(8)6-11/h4-13,15-16,23,27H,14,26H2,1-3H3,(H,29,30);6-9H,2-5H2,1H3. The molecule has 4 N–H and O–H groups in total. The Morgan fingerprint density at radius 3 is 2.32 bits per heavy atom. The number of aryl methyl sites for hydroxylation is 1. The fraction of sp³-hybridized carbons (Fsp3) is 0.412. The third-order valence-corrected chi connectivity index (χ3v) is 8.13. The maximum atomic E-state index is 13.0. The summed E-state index contributed by atoms with van der Waals surface area (Å²) in [4.78, 5) is 30.1. The van der Waals surface area contributed by atoms with E-state index in [9.17, 15) is 9.59 Å². The quantitative estimate of drug-likeness (QED) is 0.172. The number of amides is 2. The highest BCUT2D eigenvalue weighted by Crippen LogP contribution is 2.37. The zero-order valence-electron chi connectivity index (χ0n) is 24.6. The summed E-state index contributed by atoms with van der Waals surface area (Å²) in [6, 6.07) is 19.5. The minimum Gasteiger partial charge on any atom is -0.398 e. The van der Waals surface area contributed by atoms with Gasteiger partial charge in [0.2, 0.25) is 6.41 Å². The van der Waals surface area contributed by atoms with Crippen LogP contribution >= 0.6 is 0 Å². The van der Waals surface area contributed by atoms with Gasteiger partial charge in [0.05, 0.1) is 17.4 Å². The highest BCUT2D eigenvalue weighted by atomic mass is 16.1. The lowest BCUT2D eigenvalue weighted by atomic mass is 9.93. The number of carbonyl (C=O) groups is 2. The number of hydrogen-bond donors (Lipinski definition) is 3. The van der Waals surface area contributed by atoms with Crippen LogP contribution in [-0.2, 0) is 4.79 Å². The van der Waals surface area contributed by atoms with Gasteiger partial charge in [-0.05, 0) is 81.2 Å². The predicted octanol–water partition coefficient (Wildman–Crippen LogP) is 6.31. The van der Waals surface area contributed by atoms with Crippen molar-refractivity contribution < 1.29 is 9.59 Å². The van der Waals surface area contributed by atoms with E-state index >= 15 is 0 Å². The Bertz CT molecular complexity index is 1320. The Morgan fingerprint density at radius 1 is 1.07 bits per heavy atom. The smallest absolute Gasteiger partial charge is 0.251 e. The van der Waals surface area contributed by atoms with E-state index in [1.54, 1.807) is 24.4 Å². The van der Waals surface area contributed by atoms with Gasteiger partial charge in [0.25, 0.3) is 5.91 Å². The summed E-state index contributed by atoms with van der Waals surface area (Å²) in [6.45, 7) is 8.54. The molecule has 0 saturated carbocycles. The number of anilines is 1. The molecule has 2 bridgehead atoms. The molecule has 2 fully saturated rings. The van der Waals surface area contributed by atoms with Crippen LogP contribution in [0.5, 0.6) is 0 Å². The number of pyridine rings is 1. The van der Waals surface area contributed by atoms with Crippen molar-refractivity contribution in [1.82, 2.24) is 15.2 Å². The van der Waals surface area contributed by atoms with Gasteiger partial charge in [-0.3, -0.25) is 20.0 Å². The molecule has 3 heterocycles. The van der Waals surface area contributed by atoms with Crippen molar-refractivity contribution in [3.63, 3.8) is 0 Å². The first-order valence-corrected chi connectivity index (χ1v) is 14.7. The number of nitrogen functional groups attached to an aromatic ring is 1. The molecule has 3 aromatic rings. The molecule has 2 amide bonds. The van der Waals surface area contributed by atoms with Gasteiger partial charge in [-0.15, -0.1) is 0 Å². The summed E-state index contributed by atoms with van der Waals surface area (Å²) in [5, 5.41) is 11.7. The van der Waals surface area contributed by atoms with E-state index in [1.165, 1.54) is 25.7 Å². The normalized spacial score (nSPS) is 20.1. The van der Waals surface area contributed by atoms with Gasteiger partial charge in [0, 0.05) is 40.7 Å². The second-order valence-corrected chi connectivity index (χ2v) is 12.0. The number of aromatic nitrogens is 1. The number of rotatable bonds is 8. The average Bonchev–Trinajstić information content (AvgIpc) is 3.22. The lowest BCUT2D eigenvalue weighted by Gasteiger charge is -2.34. The van der Waals surface area contributed by atoms with Gasteiger partial charge in [0.15, 0.2) is 0 Å². The van der Waals surface area contributed by atoms with E-state index in [0.717, 1.165) is 35.6 Å². The fourth-order valence-electron chi connectivity index (χ4n) is 6.00. The maximum absolute atomic E-state index is 13.0. The summed E-state index contributed by atoms with van der Waals surface area (Å²) in [5.74, 6) is 1.03. The zero-order valence-corrected chi connectivity index (χ0v) is 24.6. The number of benzene rings is 2. The number of carbonyl (C=O) groups excluding carboxylic acids is 2. The molecule has 3 atom stereocenters. The van der Waals surface area contributed by atoms with Gasteiger partial charge < -0.3 is 16.0 Å². The molecular formula is C34H43N5O2. The van der Waals surface area contributed by atoms with E-state index in [2.05, 4.69) is 31.1 Å². The molecule has 2 saturated heterocycles. The Kier molecular flexibility index (Phi) is 9.92. The largest absolute Gasteiger partial charge is 0.398 e. The van der Waals surface area contributed by atoms with Gasteiger partial charge >= 0.3 is 0 Å². The lowest BCUT2D eigenvalue weighted by Crippen LogP contribution is -2.41. The molecule has 7 nitrogen and oxygen atoms in total. The molecule has 0 aliphatic carbocycles. The van der Waals surface area contributed by atoms with E-state index in [0.29, 0.717) is 40.5 Å². The number of fused-ring (bicyclic) bond motifs is 2. The Morgan fingerprint density at radius 2 is 1.73 bits per heavy atom. The number of hydrogen-bond acceptors (Lipinski definition) is 5. The van der Waals surface area contributed by atoms with Crippen LogP contribution in [0.25, 0.3) is 0 Å². The molecule has 1 aromatic heterocycles. The van der Waals surface area contributed by atoms with Gasteiger partial charge in [-0.1, -0.05) is 56.7 Å². The first-order chi connectivity index (χ1) is 19.7. The first kappa shape index (κ1) is 30.0. The van der Waals surface area contributed by atoms with Crippen molar-refractivity contribution in [3.05, 3.63) is 94.8 Å². The average molecular weight is 554 g/mol. The van der Waals surface area contributed by atoms with Crippen LogP contribution in [0, 0.1) is 24.2 Å². The molecule has 0 spiro atoms. The minimum atomic E-state index is -0.204. The zero-order chi connectivity index (χ0) is 29.5. The number of nitrogens with two attached hydrogens (primary N) is 1. The monoisotopic (exact) mass is 553 g/mol. The van der Waals surface area contributed by atoms with Gasteiger partial charge in [0.1, 0.15) is 0 Å². The molecule has 2 aliphatic rings.